The number of rotatable bonds is 2. The zero-order valence-electron chi connectivity index (χ0n) is 9.53. The first-order valence-electron chi connectivity index (χ1n) is 5.71. The zero-order valence-corrected chi connectivity index (χ0v) is 9.53. The second-order valence-corrected chi connectivity index (χ2v) is 4.95. The van der Waals surface area contributed by atoms with Crippen molar-refractivity contribution in [2.45, 2.75) is 40.0 Å². The molecule has 1 saturated carbocycles. The van der Waals surface area contributed by atoms with Gasteiger partial charge in [-0.25, -0.2) is 0 Å². The van der Waals surface area contributed by atoms with E-state index in [1.807, 2.05) is 0 Å². The normalized spacial score (nSPS) is 33.5. The molecule has 0 N–H and O–H groups in total. The fraction of sp³-hybridized carbons (Fsp3) is 0.769. The lowest BCUT2D eigenvalue weighted by Gasteiger charge is -2.34. The van der Waals surface area contributed by atoms with Crippen molar-refractivity contribution in [2.75, 3.05) is 0 Å². The molecule has 78 valence electrons. The topological polar surface area (TPSA) is 23.8 Å². The van der Waals surface area contributed by atoms with Crippen molar-refractivity contribution < 1.29 is 0 Å². The van der Waals surface area contributed by atoms with E-state index in [1.165, 1.54) is 19.3 Å². The van der Waals surface area contributed by atoms with Crippen molar-refractivity contribution in [2.24, 2.45) is 23.7 Å². The van der Waals surface area contributed by atoms with E-state index in [0.717, 1.165) is 17.8 Å². The van der Waals surface area contributed by atoms with Gasteiger partial charge in [-0.2, -0.15) is 5.26 Å². The summed E-state index contributed by atoms with van der Waals surface area (Å²) in [4.78, 5) is 0. The highest BCUT2D eigenvalue weighted by molar-refractivity contribution is 5.05. The minimum absolute atomic E-state index is 0.635. The summed E-state index contributed by atoms with van der Waals surface area (Å²) in [5.41, 5.74) is 0. The van der Waals surface area contributed by atoms with Gasteiger partial charge in [-0.05, 0) is 42.9 Å². The minimum atomic E-state index is 0.635. The lowest BCUT2D eigenvalue weighted by molar-refractivity contribution is 0.189. The summed E-state index contributed by atoms with van der Waals surface area (Å²) in [7, 11) is 0. The van der Waals surface area contributed by atoms with E-state index in [0.29, 0.717) is 5.92 Å². The third kappa shape index (κ3) is 2.87. The van der Waals surface area contributed by atoms with Gasteiger partial charge in [0.25, 0.3) is 0 Å². The largest absolute Gasteiger partial charge is 0.193 e. The van der Waals surface area contributed by atoms with Gasteiger partial charge in [0.05, 0.1) is 6.07 Å². The van der Waals surface area contributed by atoms with Gasteiger partial charge >= 0.3 is 0 Å². The van der Waals surface area contributed by atoms with Crippen LogP contribution in [0.5, 0.6) is 0 Å². The molecule has 1 nitrogen and oxygen atoms in total. The Morgan fingerprint density at radius 3 is 2.64 bits per heavy atom. The molecular formula is C13H21N. The van der Waals surface area contributed by atoms with Gasteiger partial charge in [0.1, 0.15) is 0 Å². The summed E-state index contributed by atoms with van der Waals surface area (Å²) in [6.45, 7) is 6.93. The highest BCUT2D eigenvalue weighted by atomic mass is 14.3. The Labute approximate surface area is 87.8 Å². The van der Waals surface area contributed by atoms with Crippen LogP contribution < -0.4 is 0 Å². The van der Waals surface area contributed by atoms with E-state index >= 15 is 0 Å². The Hall–Kier alpha value is -0.770. The zero-order chi connectivity index (χ0) is 10.6. The molecular weight excluding hydrogens is 170 g/mol. The summed E-state index contributed by atoms with van der Waals surface area (Å²) in [5.74, 6) is 3.05. The van der Waals surface area contributed by atoms with E-state index < -0.39 is 0 Å². The molecule has 1 rings (SSSR count). The van der Waals surface area contributed by atoms with E-state index in [1.54, 1.807) is 6.08 Å². The third-order valence-electron chi connectivity index (χ3n) is 3.66. The van der Waals surface area contributed by atoms with Gasteiger partial charge in [0.2, 0.25) is 0 Å². The molecule has 0 aromatic carbocycles. The van der Waals surface area contributed by atoms with Gasteiger partial charge in [0, 0.05) is 6.08 Å². The van der Waals surface area contributed by atoms with Crippen LogP contribution in [0.2, 0.25) is 0 Å². The van der Waals surface area contributed by atoms with Crippen LogP contribution in [0, 0.1) is 35.0 Å². The van der Waals surface area contributed by atoms with E-state index in [2.05, 4.69) is 32.9 Å². The summed E-state index contributed by atoms with van der Waals surface area (Å²) in [5, 5.41) is 8.52. The molecule has 0 heterocycles. The van der Waals surface area contributed by atoms with Crippen LogP contribution in [0.25, 0.3) is 0 Å². The predicted octanol–water partition coefficient (Wildman–Crippen LogP) is 3.77. The lowest BCUT2D eigenvalue weighted by Crippen LogP contribution is -2.24. The number of hydrogen-bond acceptors (Lipinski definition) is 1. The molecule has 0 radical (unpaired) electrons. The molecule has 0 unspecified atom stereocenters. The maximum atomic E-state index is 8.52. The maximum absolute atomic E-state index is 8.52. The SMILES string of the molecule is CC(C)[C@H]1CC[C@H](C)[C@H](/C=C/C#N)C1. The lowest BCUT2D eigenvalue weighted by atomic mass is 9.71. The van der Waals surface area contributed by atoms with Crippen LogP contribution in [0.1, 0.15) is 40.0 Å². The Morgan fingerprint density at radius 2 is 2.07 bits per heavy atom. The molecule has 1 heteroatoms. The standard InChI is InChI=1S/C13H21N/c1-10(2)12-7-6-11(3)13(9-12)5-4-8-14/h4-5,10-13H,6-7,9H2,1-3H3/b5-4+/t11-,12-,13+/m0/s1. The maximum Gasteiger partial charge on any atom is 0.0908 e. The van der Waals surface area contributed by atoms with Gasteiger partial charge in [-0.15, -0.1) is 0 Å². The molecule has 1 aliphatic carbocycles. The monoisotopic (exact) mass is 191 g/mol. The first kappa shape index (κ1) is 11.3. The Kier molecular flexibility index (Phi) is 4.20. The summed E-state index contributed by atoms with van der Waals surface area (Å²) < 4.78 is 0. The number of hydrogen-bond donors (Lipinski definition) is 0. The molecule has 0 spiro atoms. The molecule has 0 saturated heterocycles. The van der Waals surface area contributed by atoms with Crippen LogP contribution in [-0.4, -0.2) is 0 Å². The van der Waals surface area contributed by atoms with E-state index in [9.17, 15) is 0 Å². The van der Waals surface area contributed by atoms with Crippen LogP contribution in [0.3, 0.4) is 0 Å². The predicted molar refractivity (Wildman–Crippen MR) is 59.6 cm³/mol. The summed E-state index contributed by atoms with van der Waals surface area (Å²) in [6, 6.07) is 2.10. The highest BCUT2D eigenvalue weighted by Crippen LogP contribution is 2.37. The molecule has 0 amide bonds. The van der Waals surface area contributed by atoms with Crippen LogP contribution >= 0.6 is 0 Å². The molecule has 14 heavy (non-hydrogen) atoms. The second kappa shape index (κ2) is 5.20. The smallest absolute Gasteiger partial charge is 0.0908 e. The van der Waals surface area contributed by atoms with Gasteiger partial charge < -0.3 is 0 Å². The van der Waals surface area contributed by atoms with Crippen molar-refractivity contribution in [1.29, 1.82) is 5.26 Å². The van der Waals surface area contributed by atoms with Crippen LogP contribution in [-0.2, 0) is 0 Å². The second-order valence-electron chi connectivity index (χ2n) is 4.95. The third-order valence-corrected chi connectivity index (χ3v) is 3.66. The number of nitriles is 1. The van der Waals surface area contributed by atoms with Crippen molar-refractivity contribution in [3.05, 3.63) is 12.2 Å². The van der Waals surface area contributed by atoms with Crippen LogP contribution in [0.15, 0.2) is 12.2 Å². The number of nitrogens with zero attached hydrogens (tertiary/aromatic N) is 1. The van der Waals surface area contributed by atoms with E-state index in [4.69, 9.17) is 5.26 Å². The Bertz CT molecular complexity index is 234. The summed E-state index contributed by atoms with van der Waals surface area (Å²) in [6.07, 6.45) is 7.74. The molecule has 1 fully saturated rings. The van der Waals surface area contributed by atoms with Crippen molar-refractivity contribution >= 4 is 0 Å². The van der Waals surface area contributed by atoms with Crippen LogP contribution in [0.4, 0.5) is 0 Å². The number of allylic oxidation sites excluding steroid dienone is 2. The Balaban J connectivity index is 2.56. The summed E-state index contributed by atoms with van der Waals surface area (Å²) >= 11 is 0. The fourth-order valence-corrected chi connectivity index (χ4v) is 2.43. The first-order chi connectivity index (χ1) is 6.65. The molecule has 0 aromatic heterocycles. The van der Waals surface area contributed by atoms with Crippen molar-refractivity contribution in [3.8, 4) is 6.07 Å². The molecule has 1 aliphatic rings. The van der Waals surface area contributed by atoms with Crippen molar-refractivity contribution in [1.82, 2.24) is 0 Å². The molecule has 3 atom stereocenters. The van der Waals surface area contributed by atoms with Gasteiger partial charge in [-0.3, -0.25) is 0 Å². The highest BCUT2D eigenvalue weighted by Gasteiger charge is 2.27. The molecule has 0 bridgehead atoms. The average molecular weight is 191 g/mol. The Morgan fingerprint density at radius 1 is 1.36 bits per heavy atom. The minimum Gasteiger partial charge on any atom is -0.193 e. The van der Waals surface area contributed by atoms with Gasteiger partial charge in [-0.1, -0.05) is 26.8 Å². The quantitative estimate of drug-likeness (QED) is 0.609. The van der Waals surface area contributed by atoms with Gasteiger partial charge in [0.15, 0.2) is 0 Å². The first-order valence-corrected chi connectivity index (χ1v) is 5.71. The molecule has 0 aromatic rings. The molecule has 0 aliphatic heterocycles. The van der Waals surface area contributed by atoms with E-state index in [-0.39, 0.29) is 0 Å². The average Bonchev–Trinajstić information content (AvgIpc) is 2.16. The fourth-order valence-electron chi connectivity index (χ4n) is 2.43. The van der Waals surface area contributed by atoms with Crippen molar-refractivity contribution in [3.63, 3.8) is 0 Å².